The Morgan fingerprint density at radius 1 is 1.45 bits per heavy atom. The van der Waals surface area contributed by atoms with Crippen molar-refractivity contribution in [3.8, 4) is 5.88 Å². The molecule has 0 saturated heterocycles. The number of nitrogens with one attached hydrogen (secondary N) is 1. The second kappa shape index (κ2) is 5.84. The van der Waals surface area contributed by atoms with Crippen LogP contribution in [-0.4, -0.2) is 28.0 Å². The summed E-state index contributed by atoms with van der Waals surface area (Å²) < 4.78 is 10.4. The molecule has 2 aliphatic heterocycles. The first-order chi connectivity index (χ1) is 9.74. The number of carbonyl (C=O) groups is 1. The molecule has 0 spiro atoms. The van der Waals surface area contributed by atoms with Crippen LogP contribution in [0.2, 0.25) is 0 Å². The second-order valence-electron chi connectivity index (χ2n) is 4.49. The summed E-state index contributed by atoms with van der Waals surface area (Å²) in [5.41, 5.74) is 8.20. The van der Waals surface area contributed by atoms with Gasteiger partial charge in [-0.15, -0.1) is 0 Å². The van der Waals surface area contributed by atoms with Crippen molar-refractivity contribution < 1.29 is 9.53 Å². The average Bonchev–Trinajstić information content (AvgIpc) is 2.48. The zero-order valence-corrected chi connectivity index (χ0v) is 12.9. The molecule has 0 unspecified atom stereocenters. The van der Waals surface area contributed by atoms with Crippen LogP contribution in [0.4, 0.5) is 0 Å². The lowest BCUT2D eigenvalue weighted by Gasteiger charge is -2.23. The van der Waals surface area contributed by atoms with Gasteiger partial charge in [0.2, 0.25) is 11.8 Å². The number of hydrogen-bond donors (Lipinski definition) is 2. The van der Waals surface area contributed by atoms with Gasteiger partial charge in [-0.3, -0.25) is 4.79 Å². The Hall–Kier alpha value is -1.54. The number of primary amides is 1. The summed E-state index contributed by atoms with van der Waals surface area (Å²) in [6, 6.07) is 3.30. The molecular formula is C14H14IN3O2. The summed E-state index contributed by atoms with van der Waals surface area (Å²) in [7, 11) is 0. The van der Waals surface area contributed by atoms with E-state index in [0.717, 1.165) is 25.3 Å². The molecule has 0 atom stereocenters. The van der Waals surface area contributed by atoms with Gasteiger partial charge in [0.25, 0.3) is 0 Å². The number of hydrogen-bond acceptors (Lipinski definition) is 4. The van der Waals surface area contributed by atoms with Crippen molar-refractivity contribution in [2.24, 2.45) is 5.73 Å². The molecule has 1 amide bonds. The predicted molar refractivity (Wildman–Crippen MR) is 86.1 cm³/mol. The second-order valence-corrected chi connectivity index (χ2v) is 6.46. The van der Waals surface area contributed by atoms with Crippen LogP contribution < -0.4 is 15.8 Å². The summed E-state index contributed by atoms with van der Waals surface area (Å²) in [4.78, 5) is 15.1. The summed E-state index contributed by atoms with van der Waals surface area (Å²) in [5.74, 6) is 0.911. The monoisotopic (exact) mass is 383 g/mol. The van der Waals surface area contributed by atoms with E-state index in [4.69, 9.17) is 10.5 Å². The highest BCUT2D eigenvalue weighted by Crippen LogP contribution is 2.28. The minimum Gasteiger partial charge on any atom is -0.438 e. The van der Waals surface area contributed by atoms with Crippen molar-refractivity contribution in [3.63, 3.8) is 0 Å². The fourth-order valence-electron chi connectivity index (χ4n) is 2.08. The number of nitrogens with two attached hydrogens (primary N) is 1. The number of aromatic nitrogens is 1. The van der Waals surface area contributed by atoms with E-state index in [1.54, 1.807) is 12.1 Å². The van der Waals surface area contributed by atoms with Crippen LogP contribution in [0.1, 0.15) is 16.8 Å². The normalized spacial score (nSPS) is 17.9. The van der Waals surface area contributed by atoms with Gasteiger partial charge in [0, 0.05) is 28.5 Å². The van der Waals surface area contributed by atoms with Crippen molar-refractivity contribution in [3.05, 3.63) is 44.9 Å². The first kappa shape index (κ1) is 13.4. The summed E-state index contributed by atoms with van der Waals surface area (Å²) in [5, 5.41) is 3.36. The van der Waals surface area contributed by atoms with Crippen molar-refractivity contribution in [1.29, 1.82) is 0 Å². The largest absolute Gasteiger partial charge is 0.438 e. The van der Waals surface area contributed by atoms with Crippen molar-refractivity contribution in [2.45, 2.75) is 6.42 Å². The molecule has 0 aromatic carbocycles. The number of pyridine rings is 1. The number of rotatable bonds is 3. The fourth-order valence-corrected chi connectivity index (χ4v) is 4.21. The Balaban J connectivity index is 1.81. The first-order valence-corrected chi connectivity index (χ1v) is 8.75. The highest BCUT2D eigenvalue weighted by Gasteiger charge is 2.18. The summed E-state index contributed by atoms with van der Waals surface area (Å²) in [6.07, 6.45) is 2.50. The smallest absolute Gasteiger partial charge is 0.250 e. The topological polar surface area (TPSA) is 77.2 Å². The maximum absolute atomic E-state index is 11.0. The van der Waals surface area contributed by atoms with Crippen LogP contribution in [-0.2, 0) is 0 Å². The zero-order valence-electron chi connectivity index (χ0n) is 10.7. The maximum atomic E-state index is 11.0. The van der Waals surface area contributed by atoms with Gasteiger partial charge in [-0.2, -0.15) is 0 Å². The molecule has 3 heterocycles. The van der Waals surface area contributed by atoms with E-state index in [0.29, 0.717) is 11.4 Å². The minimum atomic E-state index is -0.483. The third kappa shape index (κ3) is 2.80. The third-order valence-corrected chi connectivity index (χ3v) is 5.19. The number of nitrogens with zero attached hydrogens (tertiary/aromatic N) is 1. The molecule has 20 heavy (non-hydrogen) atoms. The summed E-state index contributed by atoms with van der Waals surface area (Å²) >= 11 is -0.0863. The molecule has 0 saturated carbocycles. The van der Waals surface area contributed by atoms with Gasteiger partial charge < -0.3 is 15.8 Å². The van der Waals surface area contributed by atoms with Gasteiger partial charge >= 0.3 is 0 Å². The number of halogens is 1. The number of ether oxygens (including phenoxy) is 1. The Bertz CT molecular complexity index is 632. The Morgan fingerprint density at radius 2 is 2.35 bits per heavy atom. The maximum Gasteiger partial charge on any atom is 0.250 e. The molecular weight excluding hydrogens is 369 g/mol. The lowest BCUT2D eigenvalue weighted by Crippen LogP contribution is -2.28. The van der Waals surface area contributed by atoms with E-state index in [2.05, 4.69) is 18.4 Å². The van der Waals surface area contributed by atoms with Gasteiger partial charge in [0.15, 0.2) is 0 Å². The molecule has 0 radical (unpaired) electrons. The highest BCUT2D eigenvalue weighted by atomic mass is 127. The van der Waals surface area contributed by atoms with Crippen molar-refractivity contribution in [1.82, 2.24) is 10.3 Å². The standard InChI is InChI=1S/C14H14IN3O2/c16-14(19)10-1-2-13(18-7-10)20-12-6-15-5-9-3-4-17-8-11(9)12/h1-2,5-7,17H,3-4,8H2,(H2,16,19). The lowest BCUT2D eigenvalue weighted by molar-refractivity contribution is 0.1000. The van der Waals surface area contributed by atoms with Gasteiger partial charge in [0.1, 0.15) is 5.76 Å². The van der Waals surface area contributed by atoms with E-state index in [9.17, 15) is 4.79 Å². The third-order valence-electron chi connectivity index (χ3n) is 3.15. The molecule has 2 aliphatic rings. The van der Waals surface area contributed by atoms with E-state index < -0.39 is 5.91 Å². The van der Waals surface area contributed by atoms with Crippen LogP contribution in [0, 0.1) is 0 Å². The molecule has 104 valence electrons. The van der Waals surface area contributed by atoms with E-state index in [1.807, 2.05) is 0 Å². The Morgan fingerprint density at radius 3 is 3.10 bits per heavy atom. The number of amides is 1. The van der Waals surface area contributed by atoms with Crippen LogP contribution in [0.15, 0.2) is 39.3 Å². The molecule has 5 nitrogen and oxygen atoms in total. The lowest BCUT2D eigenvalue weighted by atomic mass is 10.0. The molecule has 6 heteroatoms. The van der Waals surface area contributed by atoms with Gasteiger partial charge in [-0.1, -0.05) is 20.7 Å². The van der Waals surface area contributed by atoms with E-state index >= 15 is 0 Å². The zero-order chi connectivity index (χ0) is 13.9. The van der Waals surface area contributed by atoms with Gasteiger partial charge in [-0.25, -0.2) is 4.98 Å². The average molecular weight is 383 g/mol. The van der Waals surface area contributed by atoms with Gasteiger partial charge in [-0.05, 0) is 28.6 Å². The quantitative estimate of drug-likeness (QED) is 0.776. The van der Waals surface area contributed by atoms with Crippen LogP contribution >= 0.6 is 20.7 Å². The highest BCUT2D eigenvalue weighted by molar-refractivity contribution is 14.2. The molecule has 0 aliphatic carbocycles. The van der Waals surface area contributed by atoms with Crippen molar-refractivity contribution >= 4 is 30.6 Å². The fraction of sp³-hybridized carbons (Fsp3) is 0.214. The van der Waals surface area contributed by atoms with Crippen LogP contribution in [0.25, 0.3) is 0 Å². The number of carbonyl (C=O) groups excluding carboxylic acids is 1. The van der Waals surface area contributed by atoms with Gasteiger partial charge in [0.05, 0.1) is 5.56 Å². The molecule has 1 aromatic rings. The molecule has 0 bridgehead atoms. The predicted octanol–water partition coefficient (Wildman–Crippen LogP) is 1.48. The van der Waals surface area contributed by atoms with Crippen molar-refractivity contribution in [2.75, 3.05) is 13.1 Å². The first-order valence-electron chi connectivity index (χ1n) is 6.26. The van der Waals surface area contributed by atoms with Crippen LogP contribution in [0.5, 0.6) is 5.88 Å². The Labute approximate surface area is 126 Å². The SMILES string of the molecule is NC(=O)c1ccc(OC2=CI=CC3=C2CNCC3)nc1. The molecule has 1 aromatic heterocycles. The molecule has 3 N–H and O–H groups in total. The van der Waals surface area contributed by atoms with E-state index in [-0.39, 0.29) is 20.7 Å². The summed E-state index contributed by atoms with van der Waals surface area (Å²) in [6.45, 7) is 1.86. The minimum absolute atomic E-state index is 0.0863. The molecule has 3 rings (SSSR count). The van der Waals surface area contributed by atoms with Crippen LogP contribution in [0.3, 0.4) is 0 Å². The molecule has 0 fully saturated rings. The Kier molecular flexibility index (Phi) is 3.93. The van der Waals surface area contributed by atoms with E-state index in [1.165, 1.54) is 17.3 Å².